The minimum absolute atomic E-state index is 0. The topological polar surface area (TPSA) is 241 Å². The summed E-state index contributed by atoms with van der Waals surface area (Å²) in [4.78, 5) is 53.3. The molecule has 0 aliphatic heterocycles. The van der Waals surface area contributed by atoms with Gasteiger partial charge in [-0.1, -0.05) is 0 Å². The summed E-state index contributed by atoms with van der Waals surface area (Å²) in [7, 11) is 0. The van der Waals surface area contributed by atoms with Crippen molar-refractivity contribution in [2.75, 3.05) is 0 Å². The van der Waals surface area contributed by atoms with Gasteiger partial charge in [0.1, 0.15) is 0 Å². The molecule has 14 heteroatoms. The summed E-state index contributed by atoms with van der Waals surface area (Å²) in [6.45, 7) is 5.83. The van der Waals surface area contributed by atoms with Crippen LogP contribution in [0, 0.1) is 0 Å². The van der Waals surface area contributed by atoms with Gasteiger partial charge in [-0.15, -0.1) is 0 Å². The quantitative estimate of drug-likeness (QED) is 0.328. The molecule has 0 aromatic heterocycles. The van der Waals surface area contributed by atoms with Crippen LogP contribution in [0.1, 0.15) is 41.5 Å². The zero-order valence-electron chi connectivity index (χ0n) is 15.1. The van der Waals surface area contributed by atoms with E-state index in [2.05, 4.69) is 0 Å². The van der Waals surface area contributed by atoms with Crippen molar-refractivity contribution in [2.45, 2.75) is 41.5 Å². The van der Waals surface area contributed by atoms with Crippen LogP contribution in [-0.4, -0.2) is 58.9 Å². The second kappa shape index (κ2) is 43.6. The van der Waals surface area contributed by atoms with Gasteiger partial charge in [0, 0.05) is 35.8 Å². The van der Waals surface area contributed by atoms with Gasteiger partial charge in [0.05, 0.1) is 0 Å². The fraction of sp³-hybridized carbons (Fsp3) is 0.500. The van der Waals surface area contributed by atoms with E-state index >= 15 is 0 Å². The molecule has 0 aliphatic carbocycles. The van der Waals surface area contributed by atoms with Gasteiger partial charge in [0.15, 0.2) is 0 Å². The number of hydrogen-bond acceptors (Lipinski definition) is 12. The number of carbonyl (C=O) groups excluding carboxylic acids is 6. The molecule has 0 heterocycles. The van der Waals surface area contributed by atoms with Crippen molar-refractivity contribution < 1.29 is 81.1 Å². The van der Waals surface area contributed by atoms with Gasteiger partial charge in [0.25, 0.3) is 0 Å². The van der Waals surface area contributed by atoms with Crippen molar-refractivity contribution in [3.05, 3.63) is 0 Å². The summed E-state index contributed by atoms with van der Waals surface area (Å²) in [5, 5.41) is 53.3. The van der Waals surface area contributed by atoms with E-state index in [0.29, 0.717) is 0 Å². The SMILES string of the molecule is CC(=O)[O-].CC(=O)[O-].CC(=O)[O-].CC(=O)[O-].CC(=O)[O-].CC(=O)[O-].[Mg+2].[Ti+4]. The van der Waals surface area contributed by atoms with Crippen molar-refractivity contribution in [1.29, 1.82) is 0 Å². The molecule has 0 bridgehead atoms. The van der Waals surface area contributed by atoms with Crippen LogP contribution in [0.4, 0.5) is 0 Å². The Balaban J connectivity index is -0.0000000245. The predicted molar refractivity (Wildman–Crippen MR) is 69.8 cm³/mol. The third-order valence-corrected chi connectivity index (χ3v) is 0. The van der Waals surface area contributed by atoms with E-state index in [1.807, 2.05) is 0 Å². The third-order valence-electron chi connectivity index (χ3n) is 0. The standard InChI is InChI=1S/6C2H4O2.Mg.Ti/c6*1-2(3)4;;/h6*1H3,(H,3,4);;/q;;;;;;+2;+4/p-6. The Morgan fingerprint density at radius 1 is 0.385 bits per heavy atom. The number of carbonyl (C=O) groups is 6. The molecule has 0 aromatic carbocycles. The number of rotatable bonds is 0. The molecule has 0 aromatic rings. The van der Waals surface area contributed by atoms with Gasteiger partial charge < -0.3 is 59.4 Å². The molecule has 0 aliphatic rings. The third kappa shape index (κ3) is 3500. The van der Waals surface area contributed by atoms with Crippen LogP contribution in [0.15, 0.2) is 0 Å². The largest absolute Gasteiger partial charge is 4.00 e. The molecule has 0 rings (SSSR count). The van der Waals surface area contributed by atoms with E-state index in [1.54, 1.807) is 0 Å². The summed E-state index contributed by atoms with van der Waals surface area (Å²) >= 11 is 0. The van der Waals surface area contributed by atoms with E-state index in [9.17, 15) is 0 Å². The average molecular weight is 426 g/mol. The van der Waals surface area contributed by atoms with Crippen molar-refractivity contribution in [1.82, 2.24) is 0 Å². The van der Waals surface area contributed by atoms with Crippen molar-refractivity contribution >= 4 is 58.9 Å². The normalized spacial score (nSPS) is 5.77. The molecule has 0 unspecified atom stereocenters. The van der Waals surface area contributed by atoms with Crippen LogP contribution < -0.4 is 30.6 Å². The van der Waals surface area contributed by atoms with E-state index in [1.165, 1.54) is 0 Å². The smallest absolute Gasteiger partial charge is 0.550 e. The fourth-order valence-corrected chi connectivity index (χ4v) is 0. The molecule has 0 atom stereocenters. The van der Waals surface area contributed by atoms with Crippen LogP contribution in [0.5, 0.6) is 0 Å². The maximum atomic E-state index is 8.89. The second-order valence-corrected chi connectivity index (χ2v) is 2.95. The zero-order valence-corrected chi connectivity index (χ0v) is 18.1. The van der Waals surface area contributed by atoms with Crippen LogP contribution in [0.25, 0.3) is 0 Å². The molecule has 0 saturated carbocycles. The molecule has 26 heavy (non-hydrogen) atoms. The van der Waals surface area contributed by atoms with E-state index in [0.717, 1.165) is 41.5 Å². The number of hydrogen-bond donors (Lipinski definition) is 0. The Morgan fingerprint density at radius 2 is 0.385 bits per heavy atom. The van der Waals surface area contributed by atoms with Crippen LogP contribution >= 0.6 is 0 Å². The van der Waals surface area contributed by atoms with Gasteiger partial charge in [-0.2, -0.15) is 0 Å². The predicted octanol–water partition coefficient (Wildman–Crippen LogP) is -7.85. The van der Waals surface area contributed by atoms with Crippen molar-refractivity contribution in [2.24, 2.45) is 0 Å². The van der Waals surface area contributed by atoms with E-state index in [-0.39, 0.29) is 44.8 Å². The average Bonchev–Trinajstić information content (AvgIpc) is 2.08. The maximum Gasteiger partial charge on any atom is 4.00 e. The molecule has 12 nitrogen and oxygen atoms in total. The zero-order chi connectivity index (χ0) is 21.5. The van der Waals surface area contributed by atoms with Gasteiger partial charge in [-0.05, 0) is 41.5 Å². The van der Waals surface area contributed by atoms with Gasteiger partial charge in [-0.25, -0.2) is 0 Å². The number of carboxylic acids is 6. The Bertz CT molecular complexity index is 267. The second-order valence-electron chi connectivity index (χ2n) is 2.95. The summed E-state index contributed by atoms with van der Waals surface area (Å²) in [6.07, 6.45) is 0. The Hall–Kier alpha value is -1.70. The van der Waals surface area contributed by atoms with Crippen LogP contribution in [-0.2, 0) is 50.5 Å². The molecule has 0 N–H and O–H groups in total. The number of aliphatic carboxylic acids is 6. The molecular formula is C12H18MgO12Ti. The minimum Gasteiger partial charge on any atom is -0.550 e. The first-order valence-corrected chi connectivity index (χ1v) is 5.45. The molecular weight excluding hydrogens is 408 g/mol. The van der Waals surface area contributed by atoms with Crippen molar-refractivity contribution in [3.63, 3.8) is 0 Å². The number of carboxylic acid groups (broad SMARTS) is 6. The summed E-state index contributed by atoms with van der Waals surface area (Å²) in [5.74, 6) is -6.50. The first-order valence-electron chi connectivity index (χ1n) is 5.45. The fourth-order valence-electron chi connectivity index (χ4n) is 0. The van der Waals surface area contributed by atoms with Crippen molar-refractivity contribution in [3.8, 4) is 0 Å². The molecule has 0 spiro atoms. The van der Waals surface area contributed by atoms with Crippen LogP contribution in [0.3, 0.4) is 0 Å². The minimum atomic E-state index is -1.08. The monoisotopic (exact) mass is 426 g/mol. The molecule has 0 fully saturated rings. The van der Waals surface area contributed by atoms with Crippen LogP contribution in [0.2, 0.25) is 0 Å². The van der Waals surface area contributed by atoms with E-state index < -0.39 is 35.8 Å². The summed E-state index contributed by atoms with van der Waals surface area (Å²) in [5.41, 5.74) is 0. The Morgan fingerprint density at radius 3 is 0.385 bits per heavy atom. The molecule has 0 saturated heterocycles. The van der Waals surface area contributed by atoms with Gasteiger partial charge in [0.2, 0.25) is 0 Å². The Labute approximate surface area is 181 Å². The summed E-state index contributed by atoms with van der Waals surface area (Å²) < 4.78 is 0. The molecule has 144 valence electrons. The molecule has 0 radical (unpaired) electrons. The van der Waals surface area contributed by atoms with Gasteiger partial charge in [-0.3, -0.25) is 0 Å². The maximum absolute atomic E-state index is 8.89. The van der Waals surface area contributed by atoms with Gasteiger partial charge >= 0.3 is 44.8 Å². The molecule has 0 amide bonds. The first-order chi connectivity index (χ1) is 10.4. The summed E-state index contributed by atoms with van der Waals surface area (Å²) in [6, 6.07) is 0. The Kier molecular flexibility index (Phi) is 83.3. The van der Waals surface area contributed by atoms with E-state index in [4.69, 9.17) is 59.4 Å². The first kappa shape index (κ1) is 49.7.